The summed E-state index contributed by atoms with van der Waals surface area (Å²) in [5, 5.41) is 13.1. The molecule has 5 aliphatic rings. The number of nitrogens with zero attached hydrogens (tertiary/aromatic N) is 3. The first-order valence-electron chi connectivity index (χ1n) is 13.0. The predicted molar refractivity (Wildman–Crippen MR) is 142 cm³/mol. The zero-order chi connectivity index (χ0) is 25.3. The van der Waals surface area contributed by atoms with Gasteiger partial charge in [0.05, 0.1) is 5.54 Å². The molecule has 1 N–H and O–H groups in total. The number of rotatable bonds is 0. The first-order chi connectivity index (χ1) is 18.0. The number of pyridine rings is 1. The molecule has 7 rings (SSSR count). The van der Waals surface area contributed by atoms with Crippen LogP contribution in [-0.4, -0.2) is 45.2 Å². The van der Waals surface area contributed by atoms with E-state index in [1.807, 2.05) is 22.7 Å². The number of hydrogen-bond donors (Lipinski definition) is 1. The van der Waals surface area contributed by atoms with Gasteiger partial charge in [-0.15, -0.1) is 11.8 Å². The summed E-state index contributed by atoms with van der Waals surface area (Å²) in [6.45, 7) is 2.99. The van der Waals surface area contributed by atoms with Gasteiger partial charge in [0, 0.05) is 28.5 Å². The number of benzene rings is 1. The summed E-state index contributed by atoms with van der Waals surface area (Å²) < 4.78 is 8.20. The minimum Gasteiger partial charge on any atom is -0.502 e. The van der Waals surface area contributed by atoms with E-state index in [0.717, 1.165) is 48.3 Å². The largest absolute Gasteiger partial charge is 0.502 e. The molecule has 190 valence electrons. The maximum atomic E-state index is 14.0. The molecule has 2 aliphatic carbocycles. The summed E-state index contributed by atoms with van der Waals surface area (Å²) in [5.74, 6) is 1.31. The predicted octanol–water partition coefficient (Wildman–Crippen LogP) is 4.48. The van der Waals surface area contributed by atoms with Gasteiger partial charge in [-0.1, -0.05) is 31.2 Å². The van der Waals surface area contributed by atoms with Gasteiger partial charge < -0.3 is 14.7 Å². The number of allylic oxidation sites excluding steroid dienone is 1. The molecule has 2 aromatic rings. The highest BCUT2D eigenvalue weighted by Gasteiger charge is 2.49. The molecule has 1 aromatic carbocycles. The topological polar surface area (TPSA) is 75.0 Å². The minimum atomic E-state index is -0.545. The zero-order valence-corrected chi connectivity index (χ0v) is 21.5. The number of carbonyl (C=O) groups is 1. The van der Waals surface area contributed by atoms with E-state index < -0.39 is 16.7 Å². The molecule has 0 radical (unpaired) electrons. The van der Waals surface area contributed by atoms with Crippen molar-refractivity contribution < 1.29 is 14.6 Å². The maximum Gasteiger partial charge on any atom is 0.278 e. The van der Waals surface area contributed by atoms with Gasteiger partial charge >= 0.3 is 0 Å². The van der Waals surface area contributed by atoms with Crippen LogP contribution in [0.1, 0.15) is 54.7 Å². The summed E-state index contributed by atoms with van der Waals surface area (Å²) in [6.07, 6.45) is 11.6. The molecule has 1 unspecified atom stereocenters. The molecule has 4 heterocycles. The molecule has 8 heteroatoms. The van der Waals surface area contributed by atoms with Gasteiger partial charge in [-0.2, -0.15) is 0 Å². The number of aromatic hydroxyl groups is 1. The molecule has 1 aromatic heterocycles. The maximum absolute atomic E-state index is 14.0. The highest BCUT2D eigenvalue weighted by molar-refractivity contribution is 7.99. The number of thioether (sulfide) groups is 1. The second-order valence-corrected chi connectivity index (χ2v) is 11.7. The molecule has 7 nitrogen and oxygen atoms in total. The molecule has 2 bridgehead atoms. The van der Waals surface area contributed by atoms with Crippen LogP contribution in [0.15, 0.2) is 81.4 Å². The highest BCUT2D eigenvalue weighted by Crippen LogP contribution is 2.49. The van der Waals surface area contributed by atoms with Gasteiger partial charge in [0.15, 0.2) is 11.4 Å². The van der Waals surface area contributed by atoms with Crippen molar-refractivity contribution in [2.75, 3.05) is 24.0 Å². The fourth-order valence-corrected chi connectivity index (χ4v) is 7.62. The van der Waals surface area contributed by atoms with Gasteiger partial charge in [0.2, 0.25) is 5.43 Å². The Morgan fingerprint density at radius 2 is 2.00 bits per heavy atom. The highest BCUT2D eigenvalue weighted by atomic mass is 32.2. The Kier molecular flexibility index (Phi) is 5.12. The fraction of sp³-hybridized carbons (Fsp3) is 0.379. The Hall–Kier alpha value is -3.39. The lowest BCUT2D eigenvalue weighted by molar-refractivity contribution is 0.0255. The van der Waals surface area contributed by atoms with E-state index >= 15 is 0 Å². The standard InChI is InChI=1S/C29H29N3O4S/c1-18-14-19-16-37-23-7-3-2-6-20(23)25-24(19)22(15-18)36-13-5-11-29(9-4-10-29)30-17-32(25)31-12-8-21(33)27(34)26(31)28(30)35/h2-3,5-8,11-12,15,18,25,34H,4,9-10,13-14,16-17H2,1H3/b11-5+/t18?,25-/m1/s1. The lowest BCUT2D eigenvalue weighted by Crippen LogP contribution is -2.64. The van der Waals surface area contributed by atoms with Crippen LogP contribution in [0.4, 0.5) is 0 Å². The molecule has 1 spiro atoms. The Balaban J connectivity index is 1.54. The van der Waals surface area contributed by atoms with Crippen LogP contribution >= 0.6 is 11.8 Å². The van der Waals surface area contributed by atoms with E-state index in [1.165, 1.54) is 16.5 Å². The van der Waals surface area contributed by atoms with E-state index in [-0.39, 0.29) is 17.6 Å². The van der Waals surface area contributed by atoms with Crippen molar-refractivity contribution in [2.45, 2.75) is 49.1 Å². The Bertz CT molecular complexity index is 1470. The average Bonchev–Trinajstić information content (AvgIpc) is 3.03. The summed E-state index contributed by atoms with van der Waals surface area (Å²) in [5.41, 5.74) is 2.63. The zero-order valence-electron chi connectivity index (χ0n) is 20.7. The lowest BCUT2D eigenvalue weighted by atomic mass is 9.74. The molecule has 2 atom stereocenters. The molecular formula is C29H29N3O4S. The number of hydrogen-bond acceptors (Lipinski definition) is 6. The molecule has 1 fully saturated rings. The molecule has 37 heavy (non-hydrogen) atoms. The molecule has 0 saturated heterocycles. The van der Waals surface area contributed by atoms with Crippen molar-refractivity contribution in [3.8, 4) is 5.75 Å². The van der Waals surface area contributed by atoms with E-state index in [1.54, 1.807) is 10.9 Å². The van der Waals surface area contributed by atoms with Crippen molar-refractivity contribution in [3.63, 3.8) is 0 Å². The average molecular weight is 516 g/mol. The quantitative estimate of drug-likeness (QED) is 0.522. The smallest absolute Gasteiger partial charge is 0.278 e. The fourth-order valence-electron chi connectivity index (χ4n) is 6.49. The second kappa shape index (κ2) is 8.31. The number of carbonyl (C=O) groups excluding carboxylic acids is 1. The van der Waals surface area contributed by atoms with Crippen molar-refractivity contribution in [1.29, 1.82) is 0 Å². The van der Waals surface area contributed by atoms with Crippen LogP contribution in [0, 0.1) is 5.92 Å². The van der Waals surface area contributed by atoms with E-state index in [2.05, 4.69) is 48.4 Å². The van der Waals surface area contributed by atoms with E-state index in [0.29, 0.717) is 19.2 Å². The Morgan fingerprint density at radius 3 is 2.81 bits per heavy atom. The molecule has 1 amide bonds. The normalized spacial score (nSPS) is 26.5. The van der Waals surface area contributed by atoms with Gasteiger partial charge in [-0.25, -0.2) is 0 Å². The van der Waals surface area contributed by atoms with Gasteiger partial charge in [0.25, 0.3) is 5.91 Å². The Morgan fingerprint density at radius 1 is 1.16 bits per heavy atom. The summed E-state index contributed by atoms with van der Waals surface area (Å²) in [6, 6.07) is 9.51. The van der Waals surface area contributed by atoms with Crippen LogP contribution in [0.2, 0.25) is 0 Å². The van der Waals surface area contributed by atoms with Gasteiger partial charge in [0.1, 0.15) is 25.1 Å². The van der Waals surface area contributed by atoms with E-state index in [4.69, 9.17) is 4.74 Å². The second-order valence-electron chi connectivity index (χ2n) is 10.7. The van der Waals surface area contributed by atoms with Crippen LogP contribution in [0.3, 0.4) is 0 Å². The monoisotopic (exact) mass is 515 g/mol. The third-order valence-corrected chi connectivity index (χ3v) is 9.60. The molecule has 3 aliphatic heterocycles. The third-order valence-electron chi connectivity index (χ3n) is 8.42. The summed E-state index contributed by atoms with van der Waals surface area (Å²) in [7, 11) is 0. The van der Waals surface area contributed by atoms with Crippen LogP contribution in [-0.2, 0) is 4.74 Å². The van der Waals surface area contributed by atoms with Crippen LogP contribution < -0.4 is 10.4 Å². The van der Waals surface area contributed by atoms with E-state index in [9.17, 15) is 14.7 Å². The summed E-state index contributed by atoms with van der Waals surface area (Å²) >= 11 is 1.84. The third kappa shape index (κ3) is 3.34. The number of fused-ring (bicyclic) bond motifs is 8. The number of amides is 1. The summed E-state index contributed by atoms with van der Waals surface area (Å²) in [4.78, 5) is 29.6. The SMILES string of the molecule is CC1C=C2OC/C=C/C3(CCC3)N3CN([C@H]4C2=C(CSc2ccccc24)C1)n1ccc(=O)c(O)c1C3=O. The van der Waals surface area contributed by atoms with Crippen molar-refractivity contribution in [2.24, 2.45) is 5.92 Å². The first-order valence-corrected chi connectivity index (χ1v) is 14.0. The van der Waals surface area contributed by atoms with Crippen molar-refractivity contribution in [1.82, 2.24) is 9.58 Å². The Labute approximate surface area is 219 Å². The first kappa shape index (κ1) is 22.8. The molecule has 1 saturated carbocycles. The van der Waals surface area contributed by atoms with Gasteiger partial charge in [-0.05, 0) is 61.0 Å². The van der Waals surface area contributed by atoms with Crippen LogP contribution in [0.25, 0.3) is 0 Å². The minimum absolute atomic E-state index is 0.0322. The number of ether oxygens (including phenoxy) is 1. The van der Waals surface area contributed by atoms with Crippen LogP contribution in [0.5, 0.6) is 5.75 Å². The molecular weight excluding hydrogens is 486 g/mol. The van der Waals surface area contributed by atoms with Crippen molar-refractivity contribution in [3.05, 3.63) is 93.1 Å². The van der Waals surface area contributed by atoms with Crippen molar-refractivity contribution >= 4 is 17.7 Å². The number of aromatic nitrogens is 1. The van der Waals surface area contributed by atoms with Gasteiger partial charge in [-0.3, -0.25) is 19.3 Å². The lowest BCUT2D eigenvalue weighted by Gasteiger charge is -2.54.